The van der Waals surface area contributed by atoms with Gasteiger partial charge in [0.1, 0.15) is 22.9 Å². The number of rotatable bonds is 5. The third-order valence-electron chi connectivity index (χ3n) is 3.33. The normalized spacial score (nSPS) is 12.2. The van der Waals surface area contributed by atoms with Gasteiger partial charge >= 0.3 is 5.97 Å². The van der Waals surface area contributed by atoms with Crippen LogP contribution in [-0.2, 0) is 11.3 Å². The van der Waals surface area contributed by atoms with Crippen LogP contribution in [0.4, 0.5) is 4.39 Å². The molecule has 0 aliphatic rings. The number of halogens is 1. The molecule has 5 heteroatoms. The van der Waals surface area contributed by atoms with Crippen LogP contribution in [0, 0.1) is 12.7 Å². The number of benzene rings is 1. The van der Waals surface area contributed by atoms with Crippen LogP contribution < -0.4 is 5.32 Å². The summed E-state index contributed by atoms with van der Waals surface area (Å²) >= 11 is 0. The Morgan fingerprint density at radius 2 is 2.05 bits per heavy atom. The largest absolute Gasteiger partial charge is 0.465 e. The van der Waals surface area contributed by atoms with Crippen molar-refractivity contribution in [3.63, 3.8) is 0 Å². The second kappa shape index (κ2) is 6.54. The summed E-state index contributed by atoms with van der Waals surface area (Å²) in [6.45, 7) is 4.17. The molecule has 0 amide bonds. The summed E-state index contributed by atoms with van der Waals surface area (Å²) in [5.74, 6) is 0.527. The van der Waals surface area contributed by atoms with E-state index in [9.17, 15) is 9.18 Å². The Labute approximate surface area is 122 Å². The minimum Gasteiger partial charge on any atom is -0.465 e. The molecular weight excluding hydrogens is 273 g/mol. The third kappa shape index (κ3) is 3.70. The maximum Gasteiger partial charge on any atom is 0.341 e. The molecule has 0 saturated heterocycles. The Morgan fingerprint density at radius 3 is 2.67 bits per heavy atom. The van der Waals surface area contributed by atoms with E-state index < -0.39 is 5.97 Å². The highest BCUT2D eigenvalue weighted by atomic mass is 19.1. The number of furan rings is 1. The van der Waals surface area contributed by atoms with Crippen LogP contribution >= 0.6 is 0 Å². The number of aryl methyl sites for hydroxylation is 1. The Morgan fingerprint density at radius 1 is 1.38 bits per heavy atom. The molecule has 1 heterocycles. The standard InChI is InChI=1S/C16H18FNO3/c1-10(12-4-6-13(17)7-5-12)18-9-14-8-15(11(2)21-14)16(19)20-3/h4-8,10,18H,9H2,1-3H3. The topological polar surface area (TPSA) is 51.5 Å². The van der Waals surface area contributed by atoms with Crippen LogP contribution in [0.15, 0.2) is 34.7 Å². The molecule has 1 N–H and O–H groups in total. The third-order valence-corrected chi connectivity index (χ3v) is 3.33. The van der Waals surface area contributed by atoms with Crippen molar-refractivity contribution in [1.82, 2.24) is 5.32 Å². The molecule has 2 aromatic rings. The van der Waals surface area contributed by atoms with Gasteiger partial charge in [0, 0.05) is 6.04 Å². The fourth-order valence-electron chi connectivity index (χ4n) is 2.07. The molecule has 1 atom stereocenters. The summed E-state index contributed by atoms with van der Waals surface area (Å²) in [6, 6.07) is 8.05. The summed E-state index contributed by atoms with van der Waals surface area (Å²) < 4.78 is 23.1. The summed E-state index contributed by atoms with van der Waals surface area (Å²) in [4.78, 5) is 11.5. The molecule has 0 fully saturated rings. The van der Waals surface area contributed by atoms with Crippen LogP contribution in [0.2, 0.25) is 0 Å². The van der Waals surface area contributed by atoms with Gasteiger partial charge in [-0.05, 0) is 37.6 Å². The van der Waals surface area contributed by atoms with Gasteiger partial charge in [-0.3, -0.25) is 0 Å². The average molecular weight is 291 g/mol. The first-order valence-corrected chi connectivity index (χ1v) is 6.67. The van der Waals surface area contributed by atoms with Gasteiger partial charge in [0.25, 0.3) is 0 Å². The lowest BCUT2D eigenvalue weighted by Crippen LogP contribution is -2.17. The first-order valence-electron chi connectivity index (χ1n) is 6.67. The summed E-state index contributed by atoms with van der Waals surface area (Å²) in [5, 5.41) is 3.26. The number of nitrogens with one attached hydrogen (secondary N) is 1. The maximum atomic E-state index is 12.9. The highest BCUT2D eigenvalue weighted by molar-refractivity contribution is 5.90. The molecule has 21 heavy (non-hydrogen) atoms. The monoisotopic (exact) mass is 291 g/mol. The van der Waals surface area contributed by atoms with Gasteiger partial charge in [0.05, 0.1) is 13.7 Å². The van der Waals surface area contributed by atoms with Crippen molar-refractivity contribution in [2.75, 3.05) is 7.11 Å². The van der Waals surface area contributed by atoms with Crippen molar-refractivity contribution in [1.29, 1.82) is 0 Å². The Kier molecular flexibility index (Phi) is 4.75. The van der Waals surface area contributed by atoms with E-state index in [4.69, 9.17) is 4.42 Å². The van der Waals surface area contributed by atoms with Crippen molar-refractivity contribution >= 4 is 5.97 Å². The number of methoxy groups -OCH3 is 1. The SMILES string of the molecule is COC(=O)c1cc(CNC(C)c2ccc(F)cc2)oc1C. The summed E-state index contributed by atoms with van der Waals surface area (Å²) in [5.41, 5.74) is 1.41. The molecule has 1 unspecified atom stereocenters. The van der Waals surface area contributed by atoms with Gasteiger partial charge in [-0.25, -0.2) is 9.18 Å². The Bertz CT molecular complexity index is 619. The molecule has 0 aliphatic carbocycles. The van der Waals surface area contributed by atoms with E-state index in [0.717, 1.165) is 5.56 Å². The van der Waals surface area contributed by atoms with Gasteiger partial charge in [0.15, 0.2) is 0 Å². The van der Waals surface area contributed by atoms with Crippen molar-refractivity contribution < 1.29 is 18.3 Å². The molecule has 0 radical (unpaired) electrons. The van der Waals surface area contributed by atoms with Gasteiger partial charge in [-0.15, -0.1) is 0 Å². The van der Waals surface area contributed by atoms with Crippen molar-refractivity contribution in [2.24, 2.45) is 0 Å². The molecule has 0 aliphatic heterocycles. The van der Waals surface area contributed by atoms with Gasteiger partial charge < -0.3 is 14.5 Å². The second-order valence-corrected chi connectivity index (χ2v) is 4.83. The van der Waals surface area contributed by atoms with Gasteiger partial charge in [0.2, 0.25) is 0 Å². The number of ether oxygens (including phenoxy) is 1. The van der Waals surface area contributed by atoms with Crippen LogP contribution in [0.25, 0.3) is 0 Å². The van der Waals surface area contributed by atoms with E-state index in [1.54, 1.807) is 25.1 Å². The van der Waals surface area contributed by atoms with Crippen molar-refractivity contribution in [2.45, 2.75) is 26.4 Å². The van der Waals surface area contributed by atoms with Crippen LogP contribution in [-0.4, -0.2) is 13.1 Å². The minimum atomic E-state index is -0.408. The highest BCUT2D eigenvalue weighted by Gasteiger charge is 2.15. The number of esters is 1. The predicted octanol–water partition coefficient (Wildman–Crippen LogP) is 3.36. The van der Waals surface area contributed by atoms with E-state index in [2.05, 4.69) is 10.1 Å². The maximum absolute atomic E-state index is 12.9. The van der Waals surface area contributed by atoms with E-state index in [1.165, 1.54) is 19.2 Å². The molecule has 2 rings (SSSR count). The molecule has 0 spiro atoms. The second-order valence-electron chi connectivity index (χ2n) is 4.83. The molecular formula is C16H18FNO3. The summed E-state index contributed by atoms with van der Waals surface area (Å²) in [6.07, 6.45) is 0. The smallest absolute Gasteiger partial charge is 0.341 e. The Balaban J connectivity index is 1.99. The van der Waals surface area contributed by atoms with E-state index in [-0.39, 0.29) is 11.9 Å². The molecule has 112 valence electrons. The lowest BCUT2D eigenvalue weighted by Gasteiger charge is -2.13. The summed E-state index contributed by atoms with van der Waals surface area (Å²) in [7, 11) is 1.34. The lowest BCUT2D eigenvalue weighted by molar-refractivity contribution is 0.0599. The number of hydrogen-bond donors (Lipinski definition) is 1. The highest BCUT2D eigenvalue weighted by Crippen LogP contribution is 2.18. The first-order chi connectivity index (χ1) is 10.0. The minimum absolute atomic E-state index is 0.0394. The van der Waals surface area contributed by atoms with Gasteiger partial charge in [-0.1, -0.05) is 12.1 Å². The molecule has 0 bridgehead atoms. The quantitative estimate of drug-likeness (QED) is 0.858. The Hall–Kier alpha value is -2.14. The molecule has 1 aromatic heterocycles. The number of carbonyl (C=O) groups excluding carboxylic acids is 1. The van der Waals surface area contributed by atoms with Crippen molar-refractivity contribution in [3.05, 3.63) is 58.8 Å². The lowest BCUT2D eigenvalue weighted by atomic mass is 10.1. The van der Waals surface area contributed by atoms with E-state index >= 15 is 0 Å². The zero-order chi connectivity index (χ0) is 15.4. The van der Waals surface area contributed by atoms with E-state index in [1.807, 2.05) is 6.92 Å². The number of hydrogen-bond acceptors (Lipinski definition) is 4. The fourth-order valence-corrected chi connectivity index (χ4v) is 2.07. The van der Waals surface area contributed by atoms with E-state index in [0.29, 0.717) is 23.6 Å². The fraction of sp³-hybridized carbons (Fsp3) is 0.312. The average Bonchev–Trinajstić information content (AvgIpc) is 2.86. The number of carbonyl (C=O) groups is 1. The first kappa shape index (κ1) is 15.3. The van der Waals surface area contributed by atoms with Crippen LogP contribution in [0.5, 0.6) is 0 Å². The molecule has 1 aromatic carbocycles. The van der Waals surface area contributed by atoms with Gasteiger partial charge in [-0.2, -0.15) is 0 Å². The zero-order valence-corrected chi connectivity index (χ0v) is 12.3. The van der Waals surface area contributed by atoms with Crippen molar-refractivity contribution in [3.8, 4) is 0 Å². The zero-order valence-electron chi connectivity index (χ0n) is 12.3. The van der Waals surface area contributed by atoms with Crippen LogP contribution in [0.3, 0.4) is 0 Å². The molecule has 0 saturated carbocycles. The van der Waals surface area contributed by atoms with Crippen LogP contribution in [0.1, 0.15) is 40.4 Å². The molecule has 4 nitrogen and oxygen atoms in total. The predicted molar refractivity (Wildman–Crippen MR) is 76.4 cm³/mol.